The Morgan fingerprint density at radius 1 is 1.32 bits per heavy atom. The van der Waals surface area contributed by atoms with Crippen molar-refractivity contribution in [2.45, 2.75) is 51.2 Å². The Bertz CT molecular complexity index is 539. The molecule has 1 rings (SSSR count). The zero-order valence-electron chi connectivity index (χ0n) is 11.4. The maximum absolute atomic E-state index is 12.4. The lowest BCUT2D eigenvalue weighted by Gasteiger charge is -2.17. The van der Waals surface area contributed by atoms with E-state index in [1.165, 1.54) is 6.07 Å². The van der Waals surface area contributed by atoms with Crippen LogP contribution in [0.3, 0.4) is 0 Å². The topological polar surface area (TPSA) is 66.4 Å². The average Bonchev–Trinajstić information content (AvgIpc) is 2.38. The van der Waals surface area contributed by atoms with Crippen LogP contribution in [0, 0.1) is 6.92 Å². The van der Waals surface area contributed by atoms with E-state index < -0.39 is 10.0 Å². The minimum absolute atomic E-state index is 0.0963. The van der Waals surface area contributed by atoms with E-state index in [-0.39, 0.29) is 17.5 Å². The first-order valence-electron chi connectivity index (χ1n) is 6.27. The van der Waals surface area contributed by atoms with Crippen LogP contribution in [-0.4, -0.2) is 19.6 Å². The monoisotopic (exact) mass is 305 g/mol. The van der Waals surface area contributed by atoms with Gasteiger partial charge in [0.15, 0.2) is 0 Å². The van der Waals surface area contributed by atoms with Crippen molar-refractivity contribution < 1.29 is 13.5 Å². The second kappa shape index (κ2) is 6.70. The molecule has 0 saturated carbocycles. The summed E-state index contributed by atoms with van der Waals surface area (Å²) < 4.78 is 27.4. The molecule has 0 radical (unpaired) electrons. The molecule has 1 aromatic rings. The number of aliphatic hydroxyl groups is 1. The first-order valence-corrected chi connectivity index (χ1v) is 8.14. The van der Waals surface area contributed by atoms with Gasteiger partial charge in [-0.05, 0) is 43.0 Å². The van der Waals surface area contributed by atoms with Gasteiger partial charge in [0.2, 0.25) is 10.0 Å². The Labute approximate surface area is 119 Å². The fraction of sp³-hybridized carbons (Fsp3) is 0.538. The fourth-order valence-electron chi connectivity index (χ4n) is 1.89. The summed E-state index contributed by atoms with van der Waals surface area (Å²) in [5.74, 6) is 0. The summed E-state index contributed by atoms with van der Waals surface area (Å²) >= 11 is 5.91. The van der Waals surface area contributed by atoms with Gasteiger partial charge < -0.3 is 5.11 Å². The van der Waals surface area contributed by atoms with Crippen molar-refractivity contribution in [2.75, 3.05) is 0 Å². The molecule has 19 heavy (non-hydrogen) atoms. The van der Waals surface area contributed by atoms with E-state index in [1.807, 2.05) is 13.8 Å². The van der Waals surface area contributed by atoms with Crippen molar-refractivity contribution in [3.8, 4) is 0 Å². The number of hydrogen-bond donors (Lipinski definition) is 2. The zero-order valence-corrected chi connectivity index (χ0v) is 13.0. The zero-order chi connectivity index (χ0) is 14.6. The maximum Gasteiger partial charge on any atom is 0.241 e. The van der Waals surface area contributed by atoms with E-state index >= 15 is 0 Å². The van der Waals surface area contributed by atoms with Crippen molar-refractivity contribution in [3.05, 3.63) is 28.3 Å². The quantitative estimate of drug-likeness (QED) is 0.849. The lowest BCUT2D eigenvalue weighted by atomic mass is 10.1. The smallest absolute Gasteiger partial charge is 0.241 e. The predicted molar refractivity (Wildman–Crippen MR) is 76.8 cm³/mol. The van der Waals surface area contributed by atoms with Crippen LogP contribution in [-0.2, 0) is 16.6 Å². The van der Waals surface area contributed by atoms with Gasteiger partial charge in [-0.2, -0.15) is 0 Å². The largest absolute Gasteiger partial charge is 0.392 e. The van der Waals surface area contributed by atoms with Gasteiger partial charge in [-0.1, -0.05) is 25.4 Å². The van der Waals surface area contributed by atoms with Crippen LogP contribution >= 0.6 is 11.6 Å². The molecule has 2 N–H and O–H groups in total. The minimum atomic E-state index is -3.62. The lowest BCUT2D eigenvalue weighted by molar-refractivity contribution is 0.280. The number of halogens is 1. The third-order valence-electron chi connectivity index (χ3n) is 3.20. The summed E-state index contributed by atoms with van der Waals surface area (Å²) in [5.41, 5.74) is 1.06. The summed E-state index contributed by atoms with van der Waals surface area (Å²) in [6, 6.07) is 2.90. The second-order valence-electron chi connectivity index (χ2n) is 4.48. The van der Waals surface area contributed by atoms with Crippen LogP contribution in [0.5, 0.6) is 0 Å². The van der Waals surface area contributed by atoms with Crippen molar-refractivity contribution >= 4 is 21.6 Å². The molecule has 0 amide bonds. The van der Waals surface area contributed by atoms with Gasteiger partial charge in [-0.25, -0.2) is 13.1 Å². The molecule has 0 unspecified atom stereocenters. The highest BCUT2D eigenvalue weighted by Crippen LogP contribution is 2.25. The highest BCUT2D eigenvalue weighted by molar-refractivity contribution is 7.89. The number of nitrogens with one attached hydrogen (secondary N) is 1. The van der Waals surface area contributed by atoms with Crippen LogP contribution in [0.2, 0.25) is 5.02 Å². The van der Waals surface area contributed by atoms with E-state index in [0.717, 1.165) is 12.8 Å². The van der Waals surface area contributed by atoms with E-state index in [2.05, 4.69) is 4.72 Å². The molecular formula is C13H20ClNO3S. The molecule has 0 aliphatic heterocycles. The first-order chi connectivity index (χ1) is 8.85. The first kappa shape index (κ1) is 16.4. The van der Waals surface area contributed by atoms with Crippen LogP contribution in [0.25, 0.3) is 0 Å². The Balaban J connectivity index is 3.25. The van der Waals surface area contributed by atoms with E-state index in [4.69, 9.17) is 11.6 Å². The van der Waals surface area contributed by atoms with Gasteiger partial charge in [0.25, 0.3) is 0 Å². The highest BCUT2D eigenvalue weighted by atomic mass is 35.5. The Kier molecular flexibility index (Phi) is 5.80. The standard InChI is InChI=1S/C13H20ClNO3S/c1-4-12(5-2)15-19(17,18)13-7-11(14)6-10(8-16)9(13)3/h6-7,12,15-16H,4-5,8H2,1-3H3. The molecule has 108 valence electrons. The second-order valence-corrected chi connectivity index (χ2v) is 6.60. The van der Waals surface area contributed by atoms with Gasteiger partial charge in [0.05, 0.1) is 11.5 Å². The summed E-state index contributed by atoms with van der Waals surface area (Å²) in [7, 11) is -3.62. The van der Waals surface area contributed by atoms with Gasteiger partial charge in [-0.3, -0.25) is 0 Å². The molecule has 6 heteroatoms. The third-order valence-corrected chi connectivity index (χ3v) is 5.06. The number of aliphatic hydroxyl groups excluding tert-OH is 1. The van der Waals surface area contributed by atoms with Gasteiger partial charge in [0, 0.05) is 11.1 Å². The molecule has 4 nitrogen and oxygen atoms in total. The molecule has 0 spiro atoms. The molecule has 1 aromatic carbocycles. The van der Waals surface area contributed by atoms with E-state index in [0.29, 0.717) is 16.1 Å². The molecule has 0 aliphatic carbocycles. The van der Waals surface area contributed by atoms with Crippen LogP contribution in [0.15, 0.2) is 17.0 Å². The molecule has 0 aromatic heterocycles. The van der Waals surface area contributed by atoms with Crippen LogP contribution < -0.4 is 4.72 Å². The van der Waals surface area contributed by atoms with Crippen molar-refractivity contribution in [2.24, 2.45) is 0 Å². The van der Waals surface area contributed by atoms with Crippen LogP contribution in [0.4, 0.5) is 0 Å². The molecule has 0 bridgehead atoms. The minimum Gasteiger partial charge on any atom is -0.392 e. The van der Waals surface area contributed by atoms with E-state index in [1.54, 1.807) is 13.0 Å². The normalized spacial score (nSPS) is 12.1. The highest BCUT2D eigenvalue weighted by Gasteiger charge is 2.22. The van der Waals surface area contributed by atoms with Crippen molar-refractivity contribution in [1.29, 1.82) is 0 Å². The van der Waals surface area contributed by atoms with Crippen molar-refractivity contribution in [1.82, 2.24) is 4.72 Å². The van der Waals surface area contributed by atoms with Crippen LogP contribution in [0.1, 0.15) is 37.8 Å². The Morgan fingerprint density at radius 2 is 1.89 bits per heavy atom. The number of benzene rings is 1. The maximum atomic E-state index is 12.4. The summed E-state index contributed by atoms with van der Waals surface area (Å²) in [6.07, 6.45) is 1.45. The Hall–Kier alpha value is -0.620. The SMILES string of the molecule is CCC(CC)NS(=O)(=O)c1cc(Cl)cc(CO)c1C. The number of sulfonamides is 1. The van der Waals surface area contributed by atoms with E-state index in [9.17, 15) is 13.5 Å². The third kappa shape index (κ3) is 3.92. The molecule has 0 aliphatic rings. The summed E-state index contributed by atoms with van der Waals surface area (Å²) in [5, 5.41) is 9.54. The lowest BCUT2D eigenvalue weighted by Crippen LogP contribution is -2.34. The summed E-state index contributed by atoms with van der Waals surface area (Å²) in [6.45, 7) is 5.30. The van der Waals surface area contributed by atoms with Gasteiger partial charge >= 0.3 is 0 Å². The van der Waals surface area contributed by atoms with Crippen molar-refractivity contribution in [3.63, 3.8) is 0 Å². The Morgan fingerprint density at radius 3 is 2.37 bits per heavy atom. The summed E-state index contributed by atoms with van der Waals surface area (Å²) in [4.78, 5) is 0.135. The molecule has 0 saturated heterocycles. The average molecular weight is 306 g/mol. The predicted octanol–water partition coefficient (Wildman–Crippen LogP) is 2.61. The van der Waals surface area contributed by atoms with Gasteiger partial charge in [-0.15, -0.1) is 0 Å². The number of rotatable bonds is 6. The molecule has 0 fully saturated rings. The molecule has 0 atom stereocenters. The van der Waals surface area contributed by atoms with Gasteiger partial charge in [0.1, 0.15) is 0 Å². The molecule has 0 heterocycles. The molecular weight excluding hydrogens is 286 g/mol. The fourth-order valence-corrected chi connectivity index (χ4v) is 3.91. The number of hydrogen-bond acceptors (Lipinski definition) is 3.